The Morgan fingerprint density at radius 3 is 2.60 bits per heavy atom. The quantitative estimate of drug-likeness (QED) is 0.318. The second-order valence-corrected chi connectivity index (χ2v) is 10.9. The summed E-state index contributed by atoms with van der Waals surface area (Å²) in [7, 11) is 0. The third-order valence-electron chi connectivity index (χ3n) is 5.51. The zero-order chi connectivity index (χ0) is 24.4. The van der Waals surface area contributed by atoms with Gasteiger partial charge in [-0.15, -0.1) is 22.7 Å². The average Bonchev–Trinajstić information content (AvgIpc) is 3.64. The van der Waals surface area contributed by atoms with Gasteiger partial charge in [-0.25, -0.2) is 9.97 Å². The maximum Gasteiger partial charge on any atom is 0.148 e. The Kier molecular flexibility index (Phi) is 7.00. The van der Waals surface area contributed by atoms with E-state index in [0.29, 0.717) is 57.8 Å². The number of anilines is 1. The van der Waals surface area contributed by atoms with Crippen molar-refractivity contribution in [3.8, 4) is 33.2 Å². The molecule has 174 valence electrons. The van der Waals surface area contributed by atoms with Crippen LogP contribution >= 0.6 is 46.0 Å². The van der Waals surface area contributed by atoms with Crippen LogP contribution in [0.3, 0.4) is 0 Å². The van der Waals surface area contributed by atoms with Crippen molar-refractivity contribution in [1.82, 2.24) is 15.0 Å². The van der Waals surface area contributed by atoms with Gasteiger partial charge in [-0.3, -0.25) is 4.98 Å². The molecule has 0 aliphatic carbocycles. The standard InChI is InChI=1S/C24H17ClN6OS3/c25-15-3-1-14(2-4-15)23-29-16(11-33-23)12-34-24-19(8-27)21(20-9-28-13-35-20)18(7-26)22(30-24)31-6-5-17(32)10-31/h1-4,9,11,13,17,32H,5-6,10,12H2/t17-/m1/s1. The number of halogens is 1. The van der Waals surface area contributed by atoms with Crippen molar-refractivity contribution < 1.29 is 5.11 Å². The lowest BCUT2D eigenvalue weighted by Gasteiger charge is -2.21. The molecular formula is C24H17ClN6OS3. The number of benzene rings is 1. The van der Waals surface area contributed by atoms with Gasteiger partial charge in [0, 0.05) is 46.6 Å². The Labute approximate surface area is 219 Å². The van der Waals surface area contributed by atoms with E-state index in [4.69, 9.17) is 21.6 Å². The SMILES string of the molecule is N#Cc1c(SCc2csc(-c3ccc(Cl)cc3)n2)nc(N2CC[C@@H](O)C2)c(C#N)c1-c1cncs1. The van der Waals surface area contributed by atoms with E-state index < -0.39 is 6.10 Å². The molecule has 1 fully saturated rings. The molecule has 0 radical (unpaired) electrons. The van der Waals surface area contributed by atoms with E-state index in [0.717, 1.165) is 21.1 Å². The first-order valence-corrected chi connectivity index (χ1v) is 13.7. The van der Waals surface area contributed by atoms with Crippen molar-refractivity contribution in [2.75, 3.05) is 18.0 Å². The van der Waals surface area contributed by atoms with Gasteiger partial charge in [-0.05, 0) is 18.6 Å². The monoisotopic (exact) mass is 536 g/mol. The van der Waals surface area contributed by atoms with Crippen LogP contribution in [0.5, 0.6) is 0 Å². The van der Waals surface area contributed by atoms with Crippen LogP contribution in [0, 0.1) is 22.7 Å². The molecule has 1 atom stereocenters. The van der Waals surface area contributed by atoms with Crippen LogP contribution in [-0.4, -0.2) is 39.3 Å². The van der Waals surface area contributed by atoms with Crippen molar-refractivity contribution in [1.29, 1.82) is 10.5 Å². The summed E-state index contributed by atoms with van der Waals surface area (Å²) in [6, 6.07) is 12.1. The van der Waals surface area contributed by atoms with Crippen molar-refractivity contribution in [3.05, 3.63) is 63.2 Å². The van der Waals surface area contributed by atoms with Crippen LogP contribution in [-0.2, 0) is 5.75 Å². The third kappa shape index (κ3) is 4.90. The number of nitriles is 2. The summed E-state index contributed by atoms with van der Waals surface area (Å²) in [4.78, 5) is 16.3. The Morgan fingerprint density at radius 2 is 1.94 bits per heavy atom. The lowest BCUT2D eigenvalue weighted by Crippen LogP contribution is -2.24. The molecule has 11 heteroatoms. The molecule has 1 aliphatic rings. The van der Waals surface area contributed by atoms with Crippen LogP contribution in [0.1, 0.15) is 23.2 Å². The Bertz CT molecular complexity index is 1440. The van der Waals surface area contributed by atoms with Crippen LogP contribution < -0.4 is 4.90 Å². The van der Waals surface area contributed by atoms with E-state index in [9.17, 15) is 15.6 Å². The molecule has 1 aliphatic heterocycles. The minimum atomic E-state index is -0.469. The van der Waals surface area contributed by atoms with Crippen LogP contribution in [0.15, 0.2) is 46.4 Å². The van der Waals surface area contributed by atoms with Gasteiger partial charge in [-0.1, -0.05) is 35.5 Å². The first-order chi connectivity index (χ1) is 17.1. The third-order valence-corrected chi connectivity index (χ3v) is 8.50. The topological polar surface area (TPSA) is 110 Å². The second kappa shape index (κ2) is 10.3. The Hall–Kier alpha value is -2.99. The highest BCUT2D eigenvalue weighted by Crippen LogP contribution is 2.40. The van der Waals surface area contributed by atoms with Crippen LogP contribution in [0.2, 0.25) is 5.02 Å². The minimum absolute atomic E-state index is 0.336. The molecule has 0 bridgehead atoms. The highest BCUT2D eigenvalue weighted by Gasteiger charge is 2.29. The first-order valence-electron chi connectivity index (χ1n) is 10.6. The van der Waals surface area contributed by atoms with E-state index in [1.165, 1.54) is 23.1 Å². The van der Waals surface area contributed by atoms with Crippen molar-refractivity contribution in [3.63, 3.8) is 0 Å². The van der Waals surface area contributed by atoms with Crippen molar-refractivity contribution in [2.24, 2.45) is 0 Å². The van der Waals surface area contributed by atoms with E-state index in [-0.39, 0.29) is 0 Å². The highest BCUT2D eigenvalue weighted by molar-refractivity contribution is 7.98. The first kappa shape index (κ1) is 23.7. The Balaban J connectivity index is 1.51. The lowest BCUT2D eigenvalue weighted by molar-refractivity contribution is 0.198. The summed E-state index contributed by atoms with van der Waals surface area (Å²) in [5.74, 6) is 1.01. The van der Waals surface area contributed by atoms with Gasteiger partial charge >= 0.3 is 0 Å². The highest BCUT2D eigenvalue weighted by atomic mass is 35.5. The van der Waals surface area contributed by atoms with Crippen molar-refractivity contribution >= 4 is 51.9 Å². The molecule has 1 aromatic carbocycles. The molecule has 0 saturated carbocycles. The number of hydrogen-bond acceptors (Lipinski definition) is 10. The minimum Gasteiger partial charge on any atom is -0.391 e. The number of aromatic nitrogens is 3. The van der Waals surface area contributed by atoms with Gasteiger partial charge in [0.25, 0.3) is 0 Å². The molecule has 1 N–H and O–H groups in total. The summed E-state index contributed by atoms with van der Waals surface area (Å²) in [6.07, 6.45) is 1.80. The van der Waals surface area contributed by atoms with Crippen LogP contribution in [0.25, 0.3) is 21.0 Å². The molecule has 0 unspecified atom stereocenters. The molecule has 7 nitrogen and oxygen atoms in total. The summed E-state index contributed by atoms with van der Waals surface area (Å²) in [6.45, 7) is 0.994. The average molecular weight is 537 g/mol. The number of β-amino-alcohol motifs (C(OH)–C–C–N with tert-alkyl or cyclic N) is 1. The van der Waals surface area contributed by atoms with E-state index in [1.54, 1.807) is 23.0 Å². The van der Waals surface area contributed by atoms with E-state index in [1.807, 2.05) is 34.5 Å². The molecule has 35 heavy (non-hydrogen) atoms. The largest absolute Gasteiger partial charge is 0.391 e. The number of nitrogens with zero attached hydrogens (tertiary/aromatic N) is 6. The van der Waals surface area contributed by atoms with Gasteiger partial charge in [-0.2, -0.15) is 10.5 Å². The number of pyridine rings is 1. The maximum absolute atomic E-state index is 10.1. The summed E-state index contributed by atoms with van der Waals surface area (Å²) < 4.78 is 0. The second-order valence-electron chi connectivity index (χ2n) is 7.78. The number of thioether (sulfide) groups is 1. The summed E-state index contributed by atoms with van der Waals surface area (Å²) in [5.41, 5.74) is 4.78. The van der Waals surface area contributed by atoms with Gasteiger partial charge in [0.1, 0.15) is 33.6 Å². The smallest absolute Gasteiger partial charge is 0.148 e. The molecule has 0 amide bonds. The predicted molar refractivity (Wildman–Crippen MR) is 140 cm³/mol. The van der Waals surface area contributed by atoms with Crippen LogP contribution in [0.4, 0.5) is 5.82 Å². The normalized spacial score (nSPS) is 15.2. The van der Waals surface area contributed by atoms with E-state index in [2.05, 4.69) is 17.1 Å². The molecule has 4 aromatic rings. The fourth-order valence-electron chi connectivity index (χ4n) is 3.86. The molecule has 3 aromatic heterocycles. The van der Waals surface area contributed by atoms with Crippen molar-refractivity contribution in [2.45, 2.75) is 23.3 Å². The molecule has 5 rings (SSSR count). The van der Waals surface area contributed by atoms with Gasteiger partial charge in [0.15, 0.2) is 0 Å². The van der Waals surface area contributed by atoms with Gasteiger partial charge in [0.2, 0.25) is 0 Å². The Morgan fingerprint density at radius 1 is 1.14 bits per heavy atom. The van der Waals surface area contributed by atoms with Gasteiger partial charge < -0.3 is 10.0 Å². The number of rotatable bonds is 6. The summed E-state index contributed by atoms with van der Waals surface area (Å²) in [5, 5.41) is 34.3. The predicted octanol–water partition coefficient (Wildman–Crippen LogP) is 5.59. The molecule has 1 saturated heterocycles. The number of hydrogen-bond donors (Lipinski definition) is 1. The fraction of sp³-hybridized carbons (Fsp3) is 0.208. The zero-order valence-electron chi connectivity index (χ0n) is 18.2. The molecule has 4 heterocycles. The summed E-state index contributed by atoms with van der Waals surface area (Å²) >= 11 is 10.3. The maximum atomic E-state index is 10.1. The molecule has 0 spiro atoms. The lowest BCUT2D eigenvalue weighted by atomic mass is 10.0. The fourth-order valence-corrected chi connectivity index (χ4v) is 6.47. The van der Waals surface area contributed by atoms with Gasteiger partial charge in [0.05, 0.1) is 27.7 Å². The number of thiazole rings is 2. The molecular weight excluding hydrogens is 520 g/mol. The number of aliphatic hydroxyl groups is 1. The zero-order valence-corrected chi connectivity index (χ0v) is 21.4. The number of aliphatic hydroxyl groups excluding tert-OH is 1. The van der Waals surface area contributed by atoms with E-state index >= 15 is 0 Å².